The molecule has 23 heavy (non-hydrogen) atoms. The molecule has 0 spiro atoms. The second kappa shape index (κ2) is 7.70. The van der Waals surface area contributed by atoms with Gasteiger partial charge in [-0.1, -0.05) is 18.6 Å². The molecule has 5 nitrogen and oxygen atoms in total. The molecule has 5 heteroatoms. The predicted molar refractivity (Wildman–Crippen MR) is 95.7 cm³/mol. The summed E-state index contributed by atoms with van der Waals surface area (Å²) in [4.78, 5) is 11.9. The zero-order valence-corrected chi connectivity index (χ0v) is 14.2. The van der Waals surface area contributed by atoms with Crippen molar-refractivity contribution >= 4 is 16.7 Å². The number of para-hydroxylation sites is 1. The number of hydrogen-bond donors (Lipinski definition) is 2. The van der Waals surface area contributed by atoms with Crippen LogP contribution in [0.5, 0.6) is 0 Å². The number of hydrogen-bond acceptors (Lipinski definition) is 5. The molecule has 1 heterocycles. The summed E-state index contributed by atoms with van der Waals surface area (Å²) >= 11 is 0. The fraction of sp³-hybridized carbons (Fsp3) is 0.556. The van der Waals surface area contributed by atoms with E-state index in [2.05, 4.69) is 34.7 Å². The highest BCUT2D eigenvalue weighted by atomic mass is 15.2. The van der Waals surface area contributed by atoms with Gasteiger partial charge in [0.15, 0.2) is 0 Å². The van der Waals surface area contributed by atoms with Crippen molar-refractivity contribution in [1.29, 1.82) is 0 Å². The van der Waals surface area contributed by atoms with Crippen LogP contribution in [0.3, 0.4) is 0 Å². The second-order valence-electron chi connectivity index (χ2n) is 6.39. The fourth-order valence-corrected chi connectivity index (χ4v) is 2.98. The van der Waals surface area contributed by atoms with Gasteiger partial charge in [-0.3, -0.25) is 4.90 Å². The normalized spacial score (nSPS) is 15.1. The Bertz CT molecular complexity index is 638. The van der Waals surface area contributed by atoms with Gasteiger partial charge in [-0.2, -0.15) is 0 Å². The summed E-state index contributed by atoms with van der Waals surface area (Å²) in [6, 6.07) is 8.96. The number of aromatic nitrogens is 2. The minimum atomic E-state index is 0.706. The molecule has 0 saturated heterocycles. The minimum Gasteiger partial charge on any atom is -0.369 e. The summed E-state index contributed by atoms with van der Waals surface area (Å²) in [6.45, 7) is 2.74. The Morgan fingerprint density at radius 2 is 2.00 bits per heavy atom. The molecule has 1 aliphatic rings. The molecule has 0 amide bonds. The van der Waals surface area contributed by atoms with E-state index in [1.54, 1.807) is 0 Å². The number of benzene rings is 1. The van der Waals surface area contributed by atoms with E-state index in [1.807, 2.05) is 19.2 Å². The van der Waals surface area contributed by atoms with Crippen molar-refractivity contribution in [3.63, 3.8) is 0 Å². The average molecular weight is 313 g/mol. The molecular formula is C18H27N5. The van der Waals surface area contributed by atoms with Crippen LogP contribution in [-0.2, 0) is 6.54 Å². The van der Waals surface area contributed by atoms with Gasteiger partial charge >= 0.3 is 0 Å². The molecule has 1 fully saturated rings. The van der Waals surface area contributed by atoms with Gasteiger partial charge in [0, 0.05) is 18.0 Å². The molecule has 0 bridgehead atoms. The highest BCUT2D eigenvalue weighted by Gasteiger charge is 2.22. The number of anilines is 1. The molecule has 1 saturated carbocycles. The third kappa shape index (κ3) is 3.98. The number of fused-ring (bicyclic) bond motifs is 1. The van der Waals surface area contributed by atoms with Crippen molar-refractivity contribution in [2.24, 2.45) is 0 Å². The average Bonchev–Trinajstić information content (AvgIpc) is 2.49. The summed E-state index contributed by atoms with van der Waals surface area (Å²) < 4.78 is 0. The number of rotatable bonds is 8. The summed E-state index contributed by atoms with van der Waals surface area (Å²) in [5.74, 6) is 1.87. The number of nitrogens with zero attached hydrogens (tertiary/aromatic N) is 3. The van der Waals surface area contributed by atoms with E-state index >= 15 is 0 Å². The quantitative estimate of drug-likeness (QED) is 0.734. The van der Waals surface area contributed by atoms with E-state index in [0.29, 0.717) is 6.04 Å². The van der Waals surface area contributed by atoms with Gasteiger partial charge in [-0.15, -0.1) is 0 Å². The van der Waals surface area contributed by atoms with Gasteiger partial charge in [0.05, 0.1) is 12.1 Å². The van der Waals surface area contributed by atoms with Crippen LogP contribution in [0.25, 0.3) is 10.9 Å². The molecule has 0 unspecified atom stereocenters. The predicted octanol–water partition coefficient (Wildman–Crippen LogP) is 2.64. The van der Waals surface area contributed by atoms with Crippen LogP contribution in [0.15, 0.2) is 24.3 Å². The van der Waals surface area contributed by atoms with Crippen molar-refractivity contribution < 1.29 is 0 Å². The van der Waals surface area contributed by atoms with Crippen LogP contribution >= 0.6 is 0 Å². The first-order valence-electron chi connectivity index (χ1n) is 8.62. The summed E-state index contributed by atoms with van der Waals surface area (Å²) in [5.41, 5.74) is 1.02. The molecule has 0 aliphatic heterocycles. The van der Waals surface area contributed by atoms with Gasteiger partial charge in [0.25, 0.3) is 0 Å². The molecular weight excluding hydrogens is 286 g/mol. The van der Waals surface area contributed by atoms with Crippen LogP contribution in [0.1, 0.15) is 31.5 Å². The van der Waals surface area contributed by atoms with Gasteiger partial charge in [0.2, 0.25) is 0 Å². The first kappa shape index (κ1) is 16.1. The minimum absolute atomic E-state index is 0.706. The van der Waals surface area contributed by atoms with Crippen molar-refractivity contribution in [3.8, 4) is 0 Å². The highest BCUT2D eigenvalue weighted by molar-refractivity contribution is 5.88. The highest BCUT2D eigenvalue weighted by Crippen LogP contribution is 2.25. The third-order valence-corrected chi connectivity index (χ3v) is 4.63. The summed E-state index contributed by atoms with van der Waals surface area (Å²) in [6.07, 6.45) is 5.04. The van der Waals surface area contributed by atoms with Gasteiger partial charge in [0.1, 0.15) is 11.6 Å². The van der Waals surface area contributed by atoms with E-state index < -0.39 is 0 Å². The first-order chi connectivity index (χ1) is 11.3. The Morgan fingerprint density at radius 1 is 1.17 bits per heavy atom. The van der Waals surface area contributed by atoms with Crippen LogP contribution in [0.4, 0.5) is 5.82 Å². The monoisotopic (exact) mass is 313 g/mol. The van der Waals surface area contributed by atoms with Crippen molar-refractivity contribution in [1.82, 2.24) is 20.2 Å². The summed E-state index contributed by atoms with van der Waals surface area (Å²) in [7, 11) is 4.16. The molecule has 1 aromatic heterocycles. The lowest BCUT2D eigenvalue weighted by molar-refractivity contribution is 0.149. The third-order valence-electron chi connectivity index (χ3n) is 4.63. The Hall–Kier alpha value is -1.72. The van der Waals surface area contributed by atoms with Crippen LogP contribution in [0, 0.1) is 0 Å². The maximum absolute atomic E-state index is 4.80. The largest absolute Gasteiger partial charge is 0.369 e. The summed E-state index contributed by atoms with van der Waals surface area (Å²) in [5, 5.41) is 7.76. The topological polar surface area (TPSA) is 53.1 Å². The molecule has 2 N–H and O–H groups in total. The van der Waals surface area contributed by atoms with Gasteiger partial charge < -0.3 is 10.6 Å². The smallest absolute Gasteiger partial charge is 0.145 e. The lowest BCUT2D eigenvalue weighted by Crippen LogP contribution is -2.37. The van der Waals surface area contributed by atoms with E-state index in [0.717, 1.165) is 48.6 Å². The van der Waals surface area contributed by atoms with E-state index in [1.165, 1.54) is 19.3 Å². The molecule has 1 aromatic carbocycles. The van der Waals surface area contributed by atoms with Crippen molar-refractivity contribution in [2.45, 2.75) is 38.3 Å². The standard InChI is InChI=1S/C18H27N5/c1-19-11-6-12-20-18-15-9-3-4-10-16(15)21-17(22-18)13-23(2)14-7-5-8-14/h3-4,9-10,14,19H,5-8,11-13H2,1-2H3,(H,20,21,22). The van der Waals surface area contributed by atoms with Crippen LogP contribution in [-0.4, -0.2) is 48.1 Å². The molecule has 1 aliphatic carbocycles. The first-order valence-corrected chi connectivity index (χ1v) is 8.62. The maximum atomic E-state index is 4.80. The maximum Gasteiger partial charge on any atom is 0.145 e. The Labute approximate surface area is 138 Å². The Kier molecular flexibility index (Phi) is 5.41. The Balaban J connectivity index is 1.77. The zero-order valence-electron chi connectivity index (χ0n) is 14.2. The van der Waals surface area contributed by atoms with Crippen LogP contribution < -0.4 is 10.6 Å². The van der Waals surface area contributed by atoms with Crippen molar-refractivity contribution in [2.75, 3.05) is 32.5 Å². The zero-order chi connectivity index (χ0) is 16.1. The van der Waals surface area contributed by atoms with Gasteiger partial charge in [-0.25, -0.2) is 9.97 Å². The van der Waals surface area contributed by atoms with Crippen LogP contribution in [0.2, 0.25) is 0 Å². The lowest BCUT2D eigenvalue weighted by Gasteiger charge is -2.34. The molecule has 2 aromatic rings. The van der Waals surface area contributed by atoms with Crippen molar-refractivity contribution in [3.05, 3.63) is 30.1 Å². The lowest BCUT2D eigenvalue weighted by atomic mass is 9.92. The van der Waals surface area contributed by atoms with Gasteiger partial charge in [-0.05, 0) is 52.0 Å². The second-order valence-corrected chi connectivity index (χ2v) is 6.39. The molecule has 124 valence electrons. The Morgan fingerprint density at radius 3 is 2.74 bits per heavy atom. The molecule has 3 rings (SSSR count). The number of nitrogens with one attached hydrogen (secondary N) is 2. The van der Waals surface area contributed by atoms with E-state index in [4.69, 9.17) is 9.97 Å². The van der Waals surface area contributed by atoms with E-state index in [-0.39, 0.29) is 0 Å². The molecule has 0 atom stereocenters. The SMILES string of the molecule is CNCCCNc1nc(CN(C)C2CCC2)nc2ccccc12. The van der Waals surface area contributed by atoms with E-state index in [9.17, 15) is 0 Å². The molecule has 0 radical (unpaired) electrons. The fourth-order valence-electron chi connectivity index (χ4n) is 2.98.